The van der Waals surface area contributed by atoms with E-state index in [1.165, 1.54) is 0 Å². The molecule has 0 aromatic carbocycles. The number of esters is 1. The van der Waals surface area contributed by atoms with Gasteiger partial charge in [0, 0.05) is 41.9 Å². The Labute approximate surface area is 345 Å². The van der Waals surface area contributed by atoms with Crippen molar-refractivity contribution >= 4 is 34.6 Å². The van der Waals surface area contributed by atoms with Crippen LogP contribution in [0, 0.1) is 23.7 Å². The van der Waals surface area contributed by atoms with Crippen LogP contribution in [0.5, 0.6) is 0 Å². The van der Waals surface area contributed by atoms with Crippen LogP contribution in [0.3, 0.4) is 0 Å². The lowest BCUT2D eigenvalue weighted by molar-refractivity contribution is -0.302. The minimum absolute atomic E-state index is 0.00137. The van der Waals surface area contributed by atoms with Crippen LogP contribution in [-0.2, 0) is 44.7 Å². The number of cyclic esters (lactones) is 1. The topological polar surface area (TPSA) is 205 Å². The van der Waals surface area contributed by atoms with Gasteiger partial charge < -0.3 is 43.3 Å². The van der Waals surface area contributed by atoms with Gasteiger partial charge in [0.15, 0.2) is 11.9 Å². The molecule has 326 valence electrons. The highest BCUT2D eigenvalue weighted by Crippen LogP contribution is 2.45. The van der Waals surface area contributed by atoms with Gasteiger partial charge >= 0.3 is 12.1 Å². The molecule has 4 fully saturated rings. The summed E-state index contributed by atoms with van der Waals surface area (Å²) in [4.78, 5) is 47.1. The molecular weight excluding hydrogens is 764 g/mol. The summed E-state index contributed by atoms with van der Waals surface area (Å²) < 4.78 is 39.8. The second kappa shape index (κ2) is 17.3. The second-order valence-corrected chi connectivity index (χ2v) is 17.8. The molecule has 4 bridgehead atoms. The molecule has 18 nitrogen and oxygen atoms in total. The molecule has 14 atom stereocenters. The third kappa shape index (κ3) is 8.32. The first-order valence-electron chi connectivity index (χ1n) is 21.0. The van der Waals surface area contributed by atoms with Crippen LogP contribution < -0.4 is 0 Å². The standard InChI is InChI=1S/C41H62N8O10/c1-11-29-41(8)34-23(4)30(42-14-15-49(34)39(52)59-41)21(2)17-40(7)35(58-38-32(50)28(48(9)10)16-22(3)56-38)24(5)33(25(6)37(51)57-29)53-19-27(20-54-40)46-55-18-26-12-13-43-36-31(26)44-47-45-36/h12-13,21-25,28-29,32-35,38,50H,11,14-20H2,1-10H3,(H,43,44,45,47)/t21-,22+,23+,24+,25+,28-,29-,32+,33+,34-,35-,38-,40-,41-/m1/s1. The number of rotatable bonds is 7. The van der Waals surface area contributed by atoms with Crippen LogP contribution >= 0.6 is 0 Å². The second-order valence-electron chi connectivity index (χ2n) is 17.8. The largest absolute Gasteiger partial charge is 0.458 e. The summed E-state index contributed by atoms with van der Waals surface area (Å²) in [5, 5.41) is 27.2. The Kier molecular flexibility index (Phi) is 12.7. The number of hydrogen-bond acceptors (Lipinski definition) is 16. The van der Waals surface area contributed by atoms with Gasteiger partial charge in [0.05, 0.1) is 55.6 Å². The zero-order valence-corrected chi connectivity index (χ0v) is 36.0. The van der Waals surface area contributed by atoms with Gasteiger partial charge in [0.25, 0.3) is 0 Å². The van der Waals surface area contributed by atoms with E-state index in [0.29, 0.717) is 49.2 Å². The number of ether oxygens (including phenoxy) is 6. The highest BCUT2D eigenvalue weighted by Gasteiger charge is 2.60. The molecule has 18 heteroatoms. The van der Waals surface area contributed by atoms with Gasteiger partial charge in [0.2, 0.25) is 5.65 Å². The molecule has 0 aliphatic carbocycles. The highest BCUT2D eigenvalue weighted by molar-refractivity contribution is 5.91. The molecule has 0 spiro atoms. The first-order chi connectivity index (χ1) is 28.1. The lowest BCUT2D eigenvalue weighted by Gasteiger charge is -2.48. The number of nitrogens with one attached hydrogen (secondary N) is 1. The van der Waals surface area contributed by atoms with Crippen LogP contribution in [0.15, 0.2) is 22.4 Å². The average Bonchev–Trinajstić information content (AvgIpc) is 3.73. The third-order valence-corrected chi connectivity index (χ3v) is 13.3. The lowest BCUT2D eigenvalue weighted by atomic mass is 9.72. The molecule has 0 unspecified atom stereocenters. The van der Waals surface area contributed by atoms with Crippen LogP contribution in [-0.4, -0.2) is 159 Å². The molecule has 5 aliphatic rings. The Hall–Kier alpha value is -3.81. The molecule has 7 rings (SSSR count). The van der Waals surface area contributed by atoms with Gasteiger partial charge in [-0.15, -0.1) is 5.10 Å². The summed E-state index contributed by atoms with van der Waals surface area (Å²) in [5.74, 6) is -2.32. The van der Waals surface area contributed by atoms with E-state index in [1.807, 2.05) is 53.6 Å². The van der Waals surface area contributed by atoms with Gasteiger partial charge in [-0.2, -0.15) is 10.3 Å². The number of hydrogen-bond donors (Lipinski definition) is 2. The smallest absolute Gasteiger partial charge is 0.410 e. The summed E-state index contributed by atoms with van der Waals surface area (Å²) in [6.07, 6.45) is -1.92. The van der Waals surface area contributed by atoms with Crippen LogP contribution in [0.2, 0.25) is 0 Å². The van der Waals surface area contributed by atoms with Crippen molar-refractivity contribution < 1.29 is 48.0 Å². The van der Waals surface area contributed by atoms with Crippen molar-refractivity contribution in [3.63, 3.8) is 0 Å². The molecule has 0 saturated carbocycles. The van der Waals surface area contributed by atoms with E-state index in [1.54, 1.807) is 24.1 Å². The Morgan fingerprint density at radius 3 is 2.63 bits per heavy atom. The van der Waals surface area contributed by atoms with Gasteiger partial charge in [-0.1, -0.05) is 32.9 Å². The van der Waals surface area contributed by atoms with Crippen LogP contribution in [0.1, 0.15) is 80.2 Å². The van der Waals surface area contributed by atoms with Crippen molar-refractivity contribution in [3.05, 3.63) is 17.8 Å². The summed E-state index contributed by atoms with van der Waals surface area (Å²) >= 11 is 0. The third-order valence-electron chi connectivity index (χ3n) is 13.3. The summed E-state index contributed by atoms with van der Waals surface area (Å²) in [6.45, 7) is 16.5. The molecule has 2 aromatic heterocycles. The SMILES string of the molecule is CC[C@H]1OC(=O)[C@@H](C)[C@H]2OCC(=NOCc3ccnc4n[nH]nc34)CO[C@](C)(C[C@@H](C)C3=NCCN4C(=O)O[C@@]1(C)[C@H]4[C@H]3C)[C@H](O[C@H]1O[C@@H](C)C[C@@H](N(C)C)[C@@H]1O)[C@H]2C. The van der Waals surface area contributed by atoms with Crippen LogP contribution in [0.25, 0.3) is 11.2 Å². The van der Waals surface area contributed by atoms with E-state index in [2.05, 4.69) is 39.4 Å². The molecule has 7 heterocycles. The fraction of sp³-hybridized carbons (Fsp3) is 0.780. The number of likely N-dealkylation sites (N-methyl/N-ethyl adjacent to an activating group) is 1. The maximum atomic E-state index is 14.5. The molecule has 2 aromatic rings. The number of amides is 1. The number of pyridine rings is 1. The number of fused-ring (bicyclic) bond motifs is 5. The first kappa shape index (κ1) is 43.3. The van der Waals surface area contributed by atoms with E-state index in [4.69, 9.17) is 38.3 Å². The van der Waals surface area contributed by atoms with E-state index >= 15 is 0 Å². The van der Waals surface area contributed by atoms with Crippen LogP contribution in [0.4, 0.5) is 4.79 Å². The minimum atomic E-state index is -1.14. The number of nitrogens with zero attached hydrogens (tertiary/aromatic N) is 7. The number of carbonyl (C=O) groups excluding carboxylic acids is 2. The zero-order chi connectivity index (χ0) is 42.4. The van der Waals surface area contributed by atoms with E-state index < -0.39 is 71.8 Å². The van der Waals surface area contributed by atoms with Crippen molar-refractivity contribution in [2.24, 2.45) is 33.8 Å². The van der Waals surface area contributed by atoms with Gasteiger partial charge in [0.1, 0.15) is 30.0 Å². The van der Waals surface area contributed by atoms with Crippen molar-refractivity contribution in [1.82, 2.24) is 30.2 Å². The number of aliphatic imine (C=N–C) groups is 1. The van der Waals surface area contributed by atoms with Gasteiger partial charge in [-0.3, -0.25) is 14.7 Å². The van der Waals surface area contributed by atoms with Crippen molar-refractivity contribution in [2.75, 3.05) is 40.4 Å². The molecule has 5 aliphatic heterocycles. The number of H-pyrrole nitrogens is 1. The molecular formula is C41H62N8O10. The fourth-order valence-electron chi connectivity index (χ4n) is 10.3. The van der Waals surface area contributed by atoms with E-state index in [9.17, 15) is 14.7 Å². The quantitative estimate of drug-likeness (QED) is 0.303. The predicted molar refractivity (Wildman–Crippen MR) is 214 cm³/mol. The summed E-state index contributed by atoms with van der Waals surface area (Å²) in [7, 11) is 3.86. The number of aromatic amines is 1. The Morgan fingerprint density at radius 1 is 1.10 bits per heavy atom. The zero-order valence-electron chi connectivity index (χ0n) is 36.0. The molecule has 2 N–H and O–H groups in total. The van der Waals surface area contributed by atoms with Crippen molar-refractivity contribution in [3.8, 4) is 0 Å². The van der Waals surface area contributed by atoms with Gasteiger partial charge in [-0.25, -0.2) is 9.78 Å². The number of aliphatic hydroxyl groups is 1. The van der Waals surface area contributed by atoms with E-state index in [0.717, 1.165) is 11.3 Å². The number of carbonyl (C=O) groups is 2. The monoisotopic (exact) mass is 826 g/mol. The molecule has 1 amide bonds. The van der Waals surface area contributed by atoms with E-state index in [-0.39, 0.29) is 43.8 Å². The van der Waals surface area contributed by atoms with Gasteiger partial charge in [-0.05, 0) is 73.0 Å². The number of aromatic nitrogens is 4. The summed E-state index contributed by atoms with van der Waals surface area (Å²) in [6, 6.07) is 1.12. The normalized spacial score (nSPS) is 40.4. The molecule has 0 radical (unpaired) electrons. The lowest BCUT2D eigenvalue weighted by Crippen LogP contribution is -2.60. The summed E-state index contributed by atoms with van der Waals surface area (Å²) in [5.41, 5.74) is 0.871. The fourth-order valence-corrected chi connectivity index (χ4v) is 10.3. The average molecular weight is 827 g/mol. The van der Waals surface area contributed by atoms with Crippen molar-refractivity contribution in [2.45, 2.75) is 141 Å². The predicted octanol–water partition coefficient (Wildman–Crippen LogP) is 3.51. The Balaban J connectivity index is 1.31. The Morgan fingerprint density at radius 2 is 1.88 bits per heavy atom. The number of oxime groups is 1. The number of aliphatic hydroxyl groups excluding tert-OH is 1. The molecule has 4 saturated heterocycles. The first-order valence-corrected chi connectivity index (χ1v) is 21.0. The Bertz CT molecular complexity index is 1890. The molecule has 59 heavy (non-hydrogen) atoms. The minimum Gasteiger partial charge on any atom is -0.458 e. The maximum absolute atomic E-state index is 14.5. The van der Waals surface area contributed by atoms with Crippen molar-refractivity contribution in [1.29, 1.82) is 0 Å². The maximum Gasteiger partial charge on any atom is 0.410 e. The highest BCUT2D eigenvalue weighted by atomic mass is 16.7.